The SMILES string of the molecule is C[N+]1(CCCN2CCN(c3ccc(N)cc3)CC2)CCCC1. The summed E-state index contributed by atoms with van der Waals surface area (Å²) in [7, 11) is 2.44. The van der Waals surface area contributed by atoms with Crippen molar-refractivity contribution in [2.24, 2.45) is 0 Å². The molecule has 4 heteroatoms. The van der Waals surface area contributed by atoms with Crippen LogP contribution in [-0.2, 0) is 0 Å². The maximum atomic E-state index is 5.77. The summed E-state index contributed by atoms with van der Waals surface area (Å²) >= 11 is 0. The van der Waals surface area contributed by atoms with E-state index in [9.17, 15) is 0 Å². The van der Waals surface area contributed by atoms with Crippen molar-refractivity contribution < 1.29 is 4.48 Å². The van der Waals surface area contributed by atoms with E-state index in [-0.39, 0.29) is 0 Å². The van der Waals surface area contributed by atoms with Crippen molar-refractivity contribution in [1.29, 1.82) is 0 Å². The third-order valence-corrected chi connectivity index (χ3v) is 5.45. The average Bonchev–Trinajstić information content (AvgIpc) is 2.96. The molecule has 0 atom stereocenters. The van der Waals surface area contributed by atoms with Crippen LogP contribution in [0.15, 0.2) is 24.3 Å². The van der Waals surface area contributed by atoms with Gasteiger partial charge in [-0.15, -0.1) is 0 Å². The van der Waals surface area contributed by atoms with Crippen LogP contribution in [0.5, 0.6) is 0 Å². The molecule has 0 aromatic heterocycles. The first-order valence-electron chi connectivity index (χ1n) is 8.81. The van der Waals surface area contributed by atoms with E-state index in [1.807, 2.05) is 12.1 Å². The van der Waals surface area contributed by atoms with Crippen molar-refractivity contribution in [3.05, 3.63) is 24.3 Å². The highest BCUT2D eigenvalue weighted by molar-refractivity contribution is 5.53. The van der Waals surface area contributed by atoms with E-state index >= 15 is 0 Å². The first kappa shape index (κ1) is 15.6. The molecular formula is C18H31N4+. The van der Waals surface area contributed by atoms with E-state index in [2.05, 4.69) is 29.0 Å². The fourth-order valence-corrected chi connectivity index (χ4v) is 3.91. The lowest BCUT2D eigenvalue weighted by Crippen LogP contribution is -2.48. The molecule has 2 aliphatic rings. The van der Waals surface area contributed by atoms with Crippen LogP contribution < -0.4 is 10.6 Å². The van der Waals surface area contributed by atoms with Gasteiger partial charge in [-0.2, -0.15) is 0 Å². The number of nitrogen functional groups attached to an aromatic ring is 1. The minimum Gasteiger partial charge on any atom is -0.399 e. The predicted octanol–water partition coefficient (Wildman–Crippen LogP) is 2.02. The Balaban J connectivity index is 1.39. The van der Waals surface area contributed by atoms with Crippen LogP contribution in [0, 0.1) is 0 Å². The number of nitrogens with zero attached hydrogens (tertiary/aromatic N) is 3. The second-order valence-electron chi connectivity index (χ2n) is 7.27. The second kappa shape index (κ2) is 6.88. The van der Waals surface area contributed by atoms with Crippen molar-refractivity contribution in [3.63, 3.8) is 0 Å². The summed E-state index contributed by atoms with van der Waals surface area (Å²) in [6.07, 6.45) is 4.20. The highest BCUT2D eigenvalue weighted by atomic mass is 15.3. The van der Waals surface area contributed by atoms with Crippen LogP contribution in [0.3, 0.4) is 0 Å². The van der Waals surface area contributed by atoms with Gasteiger partial charge in [0.1, 0.15) is 0 Å². The molecular weight excluding hydrogens is 272 g/mol. The number of hydrogen-bond acceptors (Lipinski definition) is 3. The Labute approximate surface area is 135 Å². The maximum absolute atomic E-state index is 5.77. The fraction of sp³-hybridized carbons (Fsp3) is 0.667. The van der Waals surface area contributed by atoms with E-state index in [1.54, 1.807) is 0 Å². The molecule has 0 unspecified atom stereocenters. The Bertz CT molecular complexity index is 456. The Kier molecular flexibility index (Phi) is 4.89. The molecule has 1 aromatic carbocycles. The minimum absolute atomic E-state index is 0.848. The molecule has 2 heterocycles. The zero-order chi connectivity index (χ0) is 15.4. The highest BCUT2D eigenvalue weighted by Crippen LogP contribution is 2.19. The number of rotatable bonds is 5. The third kappa shape index (κ3) is 3.93. The lowest BCUT2D eigenvalue weighted by atomic mass is 10.2. The predicted molar refractivity (Wildman–Crippen MR) is 94.1 cm³/mol. The van der Waals surface area contributed by atoms with Gasteiger partial charge in [-0.1, -0.05) is 0 Å². The molecule has 2 fully saturated rings. The average molecular weight is 303 g/mol. The molecule has 2 saturated heterocycles. The van der Waals surface area contributed by atoms with Gasteiger partial charge in [0.2, 0.25) is 0 Å². The summed E-state index contributed by atoms with van der Waals surface area (Å²) < 4.78 is 1.31. The quantitative estimate of drug-likeness (QED) is 0.667. The first-order chi connectivity index (χ1) is 10.6. The van der Waals surface area contributed by atoms with E-state index in [1.165, 1.54) is 68.7 Å². The first-order valence-corrected chi connectivity index (χ1v) is 8.81. The molecule has 0 saturated carbocycles. The van der Waals surface area contributed by atoms with Crippen molar-refractivity contribution >= 4 is 11.4 Å². The molecule has 1 aromatic rings. The number of hydrogen-bond donors (Lipinski definition) is 1. The van der Waals surface area contributed by atoms with Gasteiger partial charge < -0.3 is 15.1 Å². The van der Waals surface area contributed by atoms with Crippen LogP contribution >= 0.6 is 0 Å². The Morgan fingerprint density at radius 1 is 1.00 bits per heavy atom. The van der Waals surface area contributed by atoms with Crippen molar-refractivity contribution in [3.8, 4) is 0 Å². The van der Waals surface area contributed by atoms with Crippen LogP contribution in [0.1, 0.15) is 19.3 Å². The highest BCUT2D eigenvalue weighted by Gasteiger charge is 2.26. The third-order valence-electron chi connectivity index (χ3n) is 5.45. The monoisotopic (exact) mass is 303 g/mol. The molecule has 0 aliphatic carbocycles. The smallest absolute Gasteiger partial charge is 0.0796 e. The molecule has 2 aliphatic heterocycles. The van der Waals surface area contributed by atoms with Gasteiger partial charge in [0.15, 0.2) is 0 Å². The van der Waals surface area contributed by atoms with Gasteiger partial charge in [0.05, 0.1) is 26.7 Å². The minimum atomic E-state index is 0.848. The summed E-state index contributed by atoms with van der Waals surface area (Å²) in [5.41, 5.74) is 7.92. The van der Waals surface area contributed by atoms with Gasteiger partial charge in [0.25, 0.3) is 0 Å². The summed E-state index contributed by atoms with van der Waals surface area (Å²) in [5.74, 6) is 0. The normalized spacial score (nSPS) is 22.1. The Morgan fingerprint density at radius 3 is 2.27 bits per heavy atom. The van der Waals surface area contributed by atoms with Crippen LogP contribution in [0.25, 0.3) is 0 Å². The number of piperazine rings is 1. The zero-order valence-corrected chi connectivity index (χ0v) is 14.0. The summed E-state index contributed by atoms with van der Waals surface area (Å²) in [6.45, 7) is 10.1. The van der Waals surface area contributed by atoms with E-state index < -0.39 is 0 Å². The molecule has 4 nitrogen and oxygen atoms in total. The number of quaternary nitrogens is 1. The Hall–Kier alpha value is -1.26. The topological polar surface area (TPSA) is 32.5 Å². The van der Waals surface area contributed by atoms with E-state index in [0.29, 0.717) is 0 Å². The van der Waals surface area contributed by atoms with Crippen molar-refractivity contribution in [2.75, 3.05) is 70.0 Å². The van der Waals surface area contributed by atoms with Crippen molar-refractivity contribution in [2.45, 2.75) is 19.3 Å². The lowest BCUT2D eigenvalue weighted by molar-refractivity contribution is -0.897. The van der Waals surface area contributed by atoms with Gasteiger partial charge in [-0.05, 0) is 24.3 Å². The summed E-state index contributed by atoms with van der Waals surface area (Å²) in [6, 6.07) is 8.29. The largest absolute Gasteiger partial charge is 0.399 e. The zero-order valence-electron chi connectivity index (χ0n) is 14.0. The molecule has 0 radical (unpaired) electrons. The summed E-state index contributed by atoms with van der Waals surface area (Å²) in [5, 5.41) is 0. The van der Waals surface area contributed by atoms with Crippen molar-refractivity contribution in [1.82, 2.24) is 4.90 Å². The van der Waals surface area contributed by atoms with Gasteiger partial charge in [-0.25, -0.2) is 0 Å². The number of likely N-dealkylation sites (tertiary alicyclic amines) is 1. The molecule has 22 heavy (non-hydrogen) atoms. The Morgan fingerprint density at radius 2 is 1.64 bits per heavy atom. The standard InChI is InChI=1S/C18H31N4/c1-22(14-2-3-15-22)16-4-9-20-10-12-21(13-11-20)18-7-5-17(19)6-8-18/h5-8H,2-4,9-16,19H2,1H3/q+1. The summed E-state index contributed by atoms with van der Waals surface area (Å²) in [4.78, 5) is 5.11. The molecule has 0 spiro atoms. The van der Waals surface area contributed by atoms with Crippen LogP contribution in [-0.4, -0.2) is 68.8 Å². The van der Waals surface area contributed by atoms with Gasteiger partial charge >= 0.3 is 0 Å². The second-order valence-corrected chi connectivity index (χ2v) is 7.27. The van der Waals surface area contributed by atoms with Crippen LogP contribution in [0.2, 0.25) is 0 Å². The lowest BCUT2D eigenvalue weighted by Gasteiger charge is -2.37. The number of nitrogens with two attached hydrogens (primary N) is 1. The molecule has 0 bridgehead atoms. The molecule has 122 valence electrons. The molecule has 3 rings (SSSR count). The van der Waals surface area contributed by atoms with Gasteiger partial charge in [-0.3, -0.25) is 4.90 Å². The van der Waals surface area contributed by atoms with E-state index in [4.69, 9.17) is 5.73 Å². The fourth-order valence-electron chi connectivity index (χ4n) is 3.91. The molecule has 0 amide bonds. The van der Waals surface area contributed by atoms with Gasteiger partial charge in [0, 0.05) is 63.4 Å². The number of benzene rings is 1. The maximum Gasteiger partial charge on any atom is 0.0796 e. The van der Waals surface area contributed by atoms with E-state index in [0.717, 1.165) is 18.8 Å². The molecule has 2 N–H and O–H groups in total. The van der Waals surface area contributed by atoms with Crippen LogP contribution in [0.4, 0.5) is 11.4 Å². The number of anilines is 2.